The number of aliphatic hydroxyl groups excluding tert-OH is 1. The summed E-state index contributed by atoms with van der Waals surface area (Å²) in [7, 11) is 0. The van der Waals surface area contributed by atoms with E-state index in [9.17, 15) is 5.11 Å². The Bertz CT molecular complexity index is 152. The molecule has 0 amide bonds. The van der Waals surface area contributed by atoms with Gasteiger partial charge in [0.15, 0.2) is 0 Å². The third-order valence-corrected chi connectivity index (χ3v) is 2.65. The van der Waals surface area contributed by atoms with E-state index < -0.39 is 5.97 Å². The van der Waals surface area contributed by atoms with Crippen LogP contribution in [0.1, 0.15) is 59.3 Å². The maximum Gasteiger partial charge on any atom is 0.307 e. The molecule has 5 heteroatoms. The number of hydrogen-bond donors (Lipinski definition) is 1. The van der Waals surface area contributed by atoms with E-state index in [0.29, 0.717) is 19.8 Å². The van der Waals surface area contributed by atoms with Gasteiger partial charge in [0.05, 0.1) is 19.8 Å². The van der Waals surface area contributed by atoms with Gasteiger partial charge >= 0.3 is 5.97 Å². The Balaban J connectivity index is 0. The first-order chi connectivity index (χ1) is 8.74. The molecule has 0 aliphatic rings. The van der Waals surface area contributed by atoms with Crippen LogP contribution in [-0.4, -0.2) is 37.5 Å². The predicted octanol–water partition coefficient (Wildman–Crippen LogP) is 3.08. The van der Waals surface area contributed by atoms with E-state index in [4.69, 9.17) is 14.2 Å². The molecule has 0 atom stereocenters. The molecule has 0 aromatic heterocycles. The van der Waals surface area contributed by atoms with Crippen LogP contribution in [0.2, 0.25) is 0 Å². The van der Waals surface area contributed by atoms with Crippen LogP contribution in [0, 0.1) is 0 Å². The molecule has 0 radical (unpaired) electrons. The van der Waals surface area contributed by atoms with Gasteiger partial charge in [-0.15, -0.1) is 0 Å². The molecule has 0 aromatic carbocycles. The van der Waals surface area contributed by atoms with Crippen molar-refractivity contribution < 1.29 is 41.0 Å². The smallest absolute Gasteiger partial charge is 0.307 e. The fraction of sp³-hybridized carbons (Fsp3) is 1.00. The number of unbranched alkanes of at least 4 members (excludes halogenated alkanes) is 3. The van der Waals surface area contributed by atoms with Crippen LogP contribution >= 0.6 is 0 Å². The molecule has 4 nitrogen and oxygen atoms in total. The van der Waals surface area contributed by atoms with Gasteiger partial charge in [-0.3, -0.25) is 0 Å². The zero-order valence-corrected chi connectivity index (χ0v) is 14.3. The van der Waals surface area contributed by atoms with Crippen LogP contribution in [0.3, 0.4) is 0 Å². The van der Waals surface area contributed by atoms with Crippen molar-refractivity contribution in [1.82, 2.24) is 0 Å². The molecule has 114 valence electrons. The summed E-state index contributed by atoms with van der Waals surface area (Å²) in [6.45, 7) is 7.68. The van der Waals surface area contributed by atoms with Crippen molar-refractivity contribution in [1.29, 1.82) is 0 Å². The summed E-state index contributed by atoms with van der Waals surface area (Å²) < 4.78 is 16.9. The van der Waals surface area contributed by atoms with Crippen molar-refractivity contribution in [2.75, 3.05) is 26.4 Å². The van der Waals surface area contributed by atoms with E-state index in [-0.39, 0.29) is 28.3 Å². The fourth-order valence-electron chi connectivity index (χ4n) is 1.38. The third kappa shape index (κ3) is 10.9. The molecule has 1 N–H and O–H groups in total. The number of ether oxygens (including phenoxy) is 3. The molecule has 19 heavy (non-hydrogen) atoms. The molecule has 0 bridgehead atoms. The molecule has 0 spiro atoms. The number of aliphatic hydroxyl groups is 1. The molecular formula is C14H30O4Ti. The molecule has 0 saturated carbocycles. The monoisotopic (exact) mass is 310 g/mol. The fourth-order valence-corrected chi connectivity index (χ4v) is 1.38. The summed E-state index contributed by atoms with van der Waals surface area (Å²) in [5, 5.41) is 9.50. The second-order valence-electron chi connectivity index (χ2n) is 4.45. The van der Waals surface area contributed by atoms with E-state index >= 15 is 0 Å². The molecule has 0 saturated heterocycles. The second kappa shape index (κ2) is 15.0. The van der Waals surface area contributed by atoms with E-state index in [0.717, 1.165) is 38.5 Å². The van der Waals surface area contributed by atoms with E-state index in [1.165, 1.54) is 0 Å². The minimum absolute atomic E-state index is 0. The van der Waals surface area contributed by atoms with Crippen LogP contribution in [0.5, 0.6) is 0 Å². The Morgan fingerprint density at radius 2 is 1.05 bits per heavy atom. The summed E-state index contributed by atoms with van der Waals surface area (Å²) in [6.07, 6.45) is 5.96. The second-order valence-corrected chi connectivity index (χ2v) is 4.45. The van der Waals surface area contributed by atoms with Crippen LogP contribution in [0.25, 0.3) is 0 Å². The van der Waals surface area contributed by atoms with Crippen LogP contribution in [0.15, 0.2) is 0 Å². The van der Waals surface area contributed by atoms with Crippen molar-refractivity contribution >= 4 is 0 Å². The van der Waals surface area contributed by atoms with Gasteiger partial charge in [0, 0.05) is 21.7 Å². The van der Waals surface area contributed by atoms with Gasteiger partial charge in [0.25, 0.3) is 0 Å². The average molecular weight is 310 g/mol. The molecule has 0 fully saturated rings. The Labute approximate surface area is 133 Å². The molecular weight excluding hydrogens is 280 g/mol. The first-order valence-electron chi connectivity index (χ1n) is 7.27. The van der Waals surface area contributed by atoms with Crippen molar-refractivity contribution in [3.63, 3.8) is 0 Å². The summed E-state index contributed by atoms with van der Waals surface area (Å²) in [5.74, 6) is -1.25. The van der Waals surface area contributed by atoms with Gasteiger partial charge in [0.1, 0.15) is 6.61 Å². The SMILES string of the molecule is CCCCOC(CO)(OCCCC)OCCCC.[Ti]. The Hall–Kier alpha value is 0.554. The first kappa shape index (κ1) is 21.8. The van der Waals surface area contributed by atoms with Crippen molar-refractivity contribution in [3.05, 3.63) is 0 Å². The predicted molar refractivity (Wildman–Crippen MR) is 72.4 cm³/mol. The number of hydrogen-bond acceptors (Lipinski definition) is 4. The van der Waals surface area contributed by atoms with E-state index in [2.05, 4.69) is 20.8 Å². The van der Waals surface area contributed by atoms with E-state index in [1.807, 2.05) is 0 Å². The maximum atomic E-state index is 9.50. The molecule has 0 unspecified atom stereocenters. The molecule has 0 rings (SSSR count). The van der Waals surface area contributed by atoms with Crippen LogP contribution in [0.4, 0.5) is 0 Å². The normalized spacial score (nSPS) is 11.4. The van der Waals surface area contributed by atoms with Gasteiger partial charge in [-0.05, 0) is 19.3 Å². The summed E-state index contributed by atoms with van der Waals surface area (Å²) >= 11 is 0. The molecule has 0 heterocycles. The molecule has 0 aliphatic heterocycles. The van der Waals surface area contributed by atoms with Gasteiger partial charge in [-0.1, -0.05) is 40.0 Å². The van der Waals surface area contributed by atoms with Crippen molar-refractivity contribution in [3.8, 4) is 0 Å². The van der Waals surface area contributed by atoms with Gasteiger partial charge in [-0.25, -0.2) is 0 Å². The van der Waals surface area contributed by atoms with Gasteiger partial charge < -0.3 is 19.3 Å². The Morgan fingerprint density at radius 1 is 0.737 bits per heavy atom. The molecule has 0 aromatic rings. The summed E-state index contributed by atoms with van der Waals surface area (Å²) in [6, 6.07) is 0. The van der Waals surface area contributed by atoms with E-state index in [1.54, 1.807) is 0 Å². The average Bonchev–Trinajstić information content (AvgIpc) is 2.39. The minimum atomic E-state index is -1.25. The topological polar surface area (TPSA) is 47.9 Å². The summed E-state index contributed by atoms with van der Waals surface area (Å²) in [4.78, 5) is 0. The standard InChI is InChI=1S/C14H30O4.Ti/c1-4-7-10-16-14(13-15,17-11-8-5-2)18-12-9-6-3;/h15H,4-13H2,1-3H3;. The van der Waals surface area contributed by atoms with Gasteiger partial charge in [0.2, 0.25) is 0 Å². The largest absolute Gasteiger partial charge is 0.388 e. The van der Waals surface area contributed by atoms with Gasteiger partial charge in [-0.2, -0.15) is 0 Å². The Morgan fingerprint density at radius 3 is 1.26 bits per heavy atom. The Kier molecular flexibility index (Phi) is 17.2. The zero-order chi connectivity index (χ0) is 13.7. The van der Waals surface area contributed by atoms with Crippen LogP contribution < -0.4 is 0 Å². The van der Waals surface area contributed by atoms with Crippen molar-refractivity contribution in [2.45, 2.75) is 65.3 Å². The minimum Gasteiger partial charge on any atom is -0.388 e. The first-order valence-corrected chi connectivity index (χ1v) is 7.27. The maximum absolute atomic E-state index is 9.50. The molecule has 0 aliphatic carbocycles. The quantitative estimate of drug-likeness (QED) is 0.323. The number of rotatable bonds is 13. The zero-order valence-electron chi connectivity index (χ0n) is 12.7. The van der Waals surface area contributed by atoms with Crippen molar-refractivity contribution in [2.24, 2.45) is 0 Å². The van der Waals surface area contributed by atoms with Crippen LogP contribution in [-0.2, 0) is 35.9 Å². The third-order valence-electron chi connectivity index (χ3n) is 2.65. The summed E-state index contributed by atoms with van der Waals surface area (Å²) in [5.41, 5.74) is 0.